The fourth-order valence-corrected chi connectivity index (χ4v) is 4.45. The lowest BCUT2D eigenvalue weighted by Crippen LogP contribution is -2.41. The van der Waals surface area contributed by atoms with Gasteiger partial charge in [0.15, 0.2) is 5.82 Å². The summed E-state index contributed by atoms with van der Waals surface area (Å²) in [5.74, 6) is 0.585. The smallest absolute Gasteiger partial charge is 0.399 e. The molecule has 1 aliphatic heterocycles. The van der Waals surface area contributed by atoms with Crippen molar-refractivity contribution in [1.29, 1.82) is 0 Å². The zero-order valence-corrected chi connectivity index (χ0v) is 19.2. The summed E-state index contributed by atoms with van der Waals surface area (Å²) in [4.78, 5) is 14.4. The minimum atomic E-state index is -0.491. The Morgan fingerprint density at radius 3 is 2.06 bits per heavy atom. The van der Waals surface area contributed by atoms with Gasteiger partial charge in [-0.15, -0.1) is 0 Å². The maximum Gasteiger partial charge on any atom is 0.498 e. The van der Waals surface area contributed by atoms with Crippen LogP contribution in [0.2, 0.25) is 0 Å². The first-order valence-corrected chi connectivity index (χ1v) is 11.2. The van der Waals surface area contributed by atoms with E-state index in [2.05, 4.69) is 48.5 Å². The SMILES string of the molecule is CC1(C)OB(c2cnc(-c3nc4ccccc4c4c3ccc3ccccc34)nc2)OC1(C)C. The third kappa shape index (κ3) is 3.13. The minimum absolute atomic E-state index is 0.409. The average molecular weight is 433 g/mol. The molecule has 0 amide bonds. The predicted octanol–water partition coefficient (Wildman–Crippen LogP) is 5.30. The maximum atomic E-state index is 6.15. The lowest BCUT2D eigenvalue weighted by molar-refractivity contribution is 0.00578. The molecule has 3 heterocycles. The molecule has 0 spiro atoms. The molecule has 1 saturated heterocycles. The van der Waals surface area contributed by atoms with Crippen LogP contribution in [0.4, 0.5) is 0 Å². The molecule has 0 saturated carbocycles. The molecule has 2 aromatic heterocycles. The van der Waals surface area contributed by atoms with E-state index in [1.54, 1.807) is 12.4 Å². The Labute approximate surface area is 192 Å². The van der Waals surface area contributed by atoms with Crippen LogP contribution in [0.3, 0.4) is 0 Å². The van der Waals surface area contributed by atoms with Crippen molar-refractivity contribution in [3.63, 3.8) is 0 Å². The van der Waals surface area contributed by atoms with Crippen LogP contribution in [0.25, 0.3) is 44.0 Å². The van der Waals surface area contributed by atoms with E-state index in [0.717, 1.165) is 27.4 Å². The third-order valence-corrected chi connectivity index (χ3v) is 7.00. The largest absolute Gasteiger partial charge is 0.498 e. The molecule has 0 bridgehead atoms. The monoisotopic (exact) mass is 433 g/mol. The second kappa shape index (κ2) is 7.08. The van der Waals surface area contributed by atoms with Gasteiger partial charge in [0, 0.05) is 34.0 Å². The first-order valence-electron chi connectivity index (χ1n) is 11.2. The number of benzene rings is 3. The van der Waals surface area contributed by atoms with Gasteiger partial charge in [0.25, 0.3) is 0 Å². The van der Waals surface area contributed by atoms with Gasteiger partial charge in [-0.25, -0.2) is 15.0 Å². The van der Waals surface area contributed by atoms with Crippen LogP contribution in [0.5, 0.6) is 0 Å². The summed E-state index contributed by atoms with van der Waals surface area (Å²) >= 11 is 0. The van der Waals surface area contributed by atoms with Crippen molar-refractivity contribution in [2.75, 3.05) is 0 Å². The van der Waals surface area contributed by atoms with Gasteiger partial charge in [0.2, 0.25) is 0 Å². The Balaban J connectivity index is 1.51. The van der Waals surface area contributed by atoms with Crippen LogP contribution in [0.15, 0.2) is 73.1 Å². The van der Waals surface area contributed by atoms with Gasteiger partial charge in [-0.3, -0.25) is 0 Å². The van der Waals surface area contributed by atoms with Crippen LogP contribution in [0, 0.1) is 0 Å². The van der Waals surface area contributed by atoms with E-state index < -0.39 is 18.3 Å². The molecule has 6 heteroatoms. The van der Waals surface area contributed by atoms with Crippen LogP contribution in [-0.4, -0.2) is 33.3 Å². The van der Waals surface area contributed by atoms with E-state index in [9.17, 15) is 0 Å². The van der Waals surface area contributed by atoms with E-state index in [0.29, 0.717) is 5.82 Å². The summed E-state index contributed by atoms with van der Waals surface area (Å²) < 4.78 is 12.3. The summed E-state index contributed by atoms with van der Waals surface area (Å²) in [6, 6.07) is 20.9. The molecule has 6 rings (SSSR count). The second-order valence-corrected chi connectivity index (χ2v) is 9.62. The maximum absolute atomic E-state index is 6.15. The average Bonchev–Trinajstić information content (AvgIpc) is 3.05. The standard InChI is InChI=1S/C27H24BN3O2/c1-26(2)27(3,4)33-28(32-26)18-15-29-25(30-16-18)24-21-14-13-17-9-5-6-10-19(17)23(21)20-11-7-8-12-22(20)31-24/h5-16H,1-4H3. The Hall–Kier alpha value is -3.35. The van der Waals surface area contributed by atoms with Crippen LogP contribution < -0.4 is 5.46 Å². The fraction of sp³-hybridized carbons (Fsp3) is 0.222. The lowest BCUT2D eigenvalue weighted by atomic mass is 9.81. The molecule has 3 aromatic carbocycles. The molecule has 0 N–H and O–H groups in total. The van der Waals surface area contributed by atoms with Crippen molar-refractivity contribution in [1.82, 2.24) is 15.0 Å². The van der Waals surface area contributed by atoms with E-state index in [4.69, 9.17) is 24.3 Å². The summed E-state index contributed by atoms with van der Waals surface area (Å²) in [5.41, 5.74) is 1.68. The van der Waals surface area contributed by atoms with Gasteiger partial charge in [-0.05, 0) is 44.5 Å². The van der Waals surface area contributed by atoms with Crippen molar-refractivity contribution in [3.05, 3.63) is 73.1 Å². The molecular weight excluding hydrogens is 409 g/mol. The van der Waals surface area contributed by atoms with Gasteiger partial charge in [0.1, 0.15) is 5.69 Å². The Bertz CT molecular complexity index is 1500. The van der Waals surface area contributed by atoms with E-state index in [1.165, 1.54) is 16.2 Å². The summed E-state index contributed by atoms with van der Waals surface area (Å²) in [6.45, 7) is 8.16. The normalized spacial score (nSPS) is 17.3. The minimum Gasteiger partial charge on any atom is -0.399 e. The number of pyridine rings is 1. The molecule has 0 unspecified atom stereocenters. The molecule has 0 radical (unpaired) electrons. The molecule has 0 aliphatic carbocycles. The van der Waals surface area contributed by atoms with Gasteiger partial charge >= 0.3 is 7.12 Å². The first-order chi connectivity index (χ1) is 15.8. The Morgan fingerprint density at radius 2 is 1.33 bits per heavy atom. The number of aromatic nitrogens is 3. The van der Waals surface area contributed by atoms with Crippen molar-refractivity contribution in [2.45, 2.75) is 38.9 Å². The van der Waals surface area contributed by atoms with E-state index >= 15 is 0 Å². The van der Waals surface area contributed by atoms with Gasteiger partial charge in [0.05, 0.1) is 16.7 Å². The van der Waals surface area contributed by atoms with Crippen molar-refractivity contribution >= 4 is 45.0 Å². The summed E-state index contributed by atoms with van der Waals surface area (Å²) in [5, 5.41) is 5.73. The summed E-state index contributed by atoms with van der Waals surface area (Å²) in [7, 11) is -0.491. The number of para-hydroxylation sites is 1. The number of fused-ring (bicyclic) bond motifs is 5. The lowest BCUT2D eigenvalue weighted by Gasteiger charge is -2.32. The molecule has 162 valence electrons. The number of hydrogen-bond donors (Lipinski definition) is 0. The highest BCUT2D eigenvalue weighted by Crippen LogP contribution is 2.37. The first kappa shape index (κ1) is 20.3. The molecule has 1 aliphatic rings. The molecule has 5 aromatic rings. The number of rotatable bonds is 2. The second-order valence-electron chi connectivity index (χ2n) is 9.62. The van der Waals surface area contributed by atoms with Crippen molar-refractivity contribution in [3.8, 4) is 11.5 Å². The van der Waals surface area contributed by atoms with Crippen molar-refractivity contribution in [2.24, 2.45) is 0 Å². The van der Waals surface area contributed by atoms with Crippen LogP contribution >= 0.6 is 0 Å². The van der Waals surface area contributed by atoms with Crippen molar-refractivity contribution < 1.29 is 9.31 Å². The molecule has 1 fully saturated rings. The Kier molecular flexibility index (Phi) is 4.35. The number of nitrogens with zero attached hydrogens (tertiary/aromatic N) is 3. The zero-order valence-electron chi connectivity index (χ0n) is 19.2. The molecule has 33 heavy (non-hydrogen) atoms. The molecule has 5 nitrogen and oxygen atoms in total. The van der Waals surface area contributed by atoms with Gasteiger partial charge in [-0.2, -0.15) is 0 Å². The zero-order chi connectivity index (χ0) is 22.8. The highest BCUT2D eigenvalue weighted by Gasteiger charge is 2.52. The van der Waals surface area contributed by atoms with Gasteiger partial charge in [-0.1, -0.05) is 54.6 Å². The third-order valence-electron chi connectivity index (χ3n) is 7.00. The highest BCUT2D eigenvalue weighted by atomic mass is 16.7. The predicted molar refractivity (Wildman–Crippen MR) is 133 cm³/mol. The Morgan fingerprint density at radius 1 is 0.697 bits per heavy atom. The van der Waals surface area contributed by atoms with Gasteiger partial charge < -0.3 is 9.31 Å². The fourth-order valence-electron chi connectivity index (χ4n) is 4.45. The topological polar surface area (TPSA) is 57.1 Å². The quantitative estimate of drug-likeness (QED) is 0.280. The summed E-state index contributed by atoms with van der Waals surface area (Å²) in [6.07, 6.45) is 3.57. The highest BCUT2D eigenvalue weighted by molar-refractivity contribution is 6.61. The van der Waals surface area contributed by atoms with E-state index in [-0.39, 0.29) is 0 Å². The van der Waals surface area contributed by atoms with E-state index in [1.807, 2.05) is 39.8 Å². The van der Waals surface area contributed by atoms with Crippen LogP contribution in [0.1, 0.15) is 27.7 Å². The van der Waals surface area contributed by atoms with Crippen LogP contribution in [-0.2, 0) is 9.31 Å². The molecular formula is C27H24BN3O2. The molecule has 0 atom stereocenters. The number of hydrogen-bond acceptors (Lipinski definition) is 5.